The zero-order chi connectivity index (χ0) is 10.5. The van der Waals surface area contributed by atoms with E-state index >= 15 is 0 Å². The van der Waals surface area contributed by atoms with Gasteiger partial charge in [-0.1, -0.05) is 25.7 Å². The van der Waals surface area contributed by atoms with Crippen LogP contribution >= 0.6 is 0 Å². The van der Waals surface area contributed by atoms with Crippen LogP contribution in [0.5, 0.6) is 0 Å². The smallest absolute Gasteiger partial charge is 0.202 e. The van der Waals surface area contributed by atoms with Crippen molar-refractivity contribution in [3.05, 3.63) is 12.4 Å². The Hall–Kier alpha value is -0.990. The Balaban J connectivity index is 1.73. The van der Waals surface area contributed by atoms with Crippen LogP contribution in [0.1, 0.15) is 39.0 Å². The number of rotatable bonds is 5. The minimum Gasteiger partial charge on any atom is -0.356 e. The van der Waals surface area contributed by atoms with Gasteiger partial charge in [0, 0.05) is 25.5 Å². The van der Waals surface area contributed by atoms with Gasteiger partial charge in [-0.15, -0.1) is 0 Å². The highest BCUT2D eigenvalue weighted by Gasteiger charge is 2.14. The molecule has 0 radical (unpaired) electrons. The van der Waals surface area contributed by atoms with Gasteiger partial charge in [0.2, 0.25) is 5.95 Å². The molecule has 0 spiro atoms. The number of anilines is 1. The summed E-state index contributed by atoms with van der Waals surface area (Å²) in [6, 6.07) is 0. The summed E-state index contributed by atoms with van der Waals surface area (Å²) in [7, 11) is 0. The molecule has 15 heavy (non-hydrogen) atoms. The summed E-state index contributed by atoms with van der Waals surface area (Å²) in [6.45, 7) is 4.21. The molecule has 1 fully saturated rings. The molecule has 0 unspecified atom stereocenters. The first-order valence-corrected chi connectivity index (χ1v) is 6.15. The van der Waals surface area contributed by atoms with Crippen LogP contribution in [0.2, 0.25) is 0 Å². The predicted octanol–water partition coefficient (Wildman–Crippen LogP) is 2.90. The van der Waals surface area contributed by atoms with E-state index in [1.165, 1.54) is 32.1 Å². The van der Waals surface area contributed by atoms with Gasteiger partial charge in [-0.05, 0) is 19.3 Å². The van der Waals surface area contributed by atoms with Crippen molar-refractivity contribution in [3.8, 4) is 0 Å². The van der Waals surface area contributed by atoms with Crippen LogP contribution in [0.3, 0.4) is 0 Å². The third-order valence-electron chi connectivity index (χ3n) is 3.37. The van der Waals surface area contributed by atoms with Gasteiger partial charge in [0.25, 0.3) is 0 Å². The molecule has 1 aliphatic rings. The quantitative estimate of drug-likeness (QED) is 0.804. The van der Waals surface area contributed by atoms with Crippen molar-refractivity contribution >= 4 is 5.95 Å². The van der Waals surface area contributed by atoms with E-state index in [2.05, 4.69) is 21.8 Å². The molecule has 0 amide bonds. The van der Waals surface area contributed by atoms with Crippen molar-refractivity contribution in [1.82, 2.24) is 9.55 Å². The van der Waals surface area contributed by atoms with Gasteiger partial charge < -0.3 is 9.88 Å². The molecule has 2 rings (SSSR count). The topological polar surface area (TPSA) is 29.9 Å². The number of hydrogen-bond acceptors (Lipinski definition) is 2. The average molecular weight is 207 g/mol. The summed E-state index contributed by atoms with van der Waals surface area (Å²) in [5, 5.41) is 3.42. The normalized spacial score (nSPS) is 17.1. The summed E-state index contributed by atoms with van der Waals surface area (Å²) in [4.78, 5) is 4.30. The monoisotopic (exact) mass is 207 g/mol. The van der Waals surface area contributed by atoms with Gasteiger partial charge in [-0.25, -0.2) is 4.98 Å². The summed E-state index contributed by atoms with van der Waals surface area (Å²) in [5.41, 5.74) is 0. The zero-order valence-corrected chi connectivity index (χ0v) is 9.58. The Labute approximate surface area is 91.9 Å². The van der Waals surface area contributed by atoms with E-state index in [0.717, 1.165) is 25.0 Å². The predicted molar refractivity (Wildman–Crippen MR) is 63.0 cm³/mol. The van der Waals surface area contributed by atoms with Gasteiger partial charge in [-0.3, -0.25) is 0 Å². The number of imidazole rings is 1. The number of aromatic nitrogens is 2. The molecule has 1 heterocycles. The van der Waals surface area contributed by atoms with Crippen LogP contribution in [-0.4, -0.2) is 16.1 Å². The van der Waals surface area contributed by atoms with E-state index < -0.39 is 0 Å². The Kier molecular flexibility index (Phi) is 3.64. The lowest BCUT2D eigenvalue weighted by atomic mass is 10.0. The summed E-state index contributed by atoms with van der Waals surface area (Å²) in [6.07, 6.45) is 10.9. The van der Waals surface area contributed by atoms with Crippen LogP contribution in [0, 0.1) is 5.92 Å². The Morgan fingerprint density at radius 3 is 3.00 bits per heavy atom. The minimum absolute atomic E-state index is 0.961. The standard InChI is InChI=1S/C12H21N3/c1-2-15-10-9-14-12(15)13-8-7-11-5-3-4-6-11/h9-11H,2-8H2,1H3,(H,13,14). The molecule has 0 aliphatic heterocycles. The fourth-order valence-corrected chi connectivity index (χ4v) is 2.42. The van der Waals surface area contributed by atoms with Crippen molar-refractivity contribution in [2.75, 3.05) is 11.9 Å². The molecule has 0 aromatic carbocycles. The second kappa shape index (κ2) is 5.19. The first kappa shape index (κ1) is 10.5. The average Bonchev–Trinajstić information content (AvgIpc) is 2.88. The highest BCUT2D eigenvalue weighted by molar-refractivity contribution is 5.25. The van der Waals surface area contributed by atoms with Crippen molar-refractivity contribution in [2.24, 2.45) is 5.92 Å². The number of hydrogen-bond donors (Lipinski definition) is 1. The fourth-order valence-electron chi connectivity index (χ4n) is 2.42. The molecule has 0 bridgehead atoms. The Morgan fingerprint density at radius 2 is 2.27 bits per heavy atom. The van der Waals surface area contributed by atoms with E-state index in [9.17, 15) is 0 Å². The molecule has 1 saturated carbocycles. The van der Waals surface area contributed by atoms with E-state index in [1.54, 1.807) is 0 Å². The molecule has 0 saturated heterocycles. The fraction of sp³-hybridized carbons (Fsp3) is 0.750. The van der Waals surface area contributed by atoms with Gasteiger partial charge in [-0.2, -0.15) is 0 Å². The molecule has 1 aliphatic carbocycles. The van der Waals surface area contributed by atoms with Crippen LogP contribution < -0.4 is 5.32 Å². The first-order chi connectivity index (χ1) is 7.40. The van der Waals surface area contributed by atoms with Crippen LogP contribution in [0.4, 0.5) is 5.95 Å². The third kappa shape index (κ3) is 2.74. The lowest BCUT2D eigenvalue weighted by Crippen LogP contribution is -2.10. The second-order valence-electron chi connectivity index (χ2n) is 4.40. The van der Waals surface area contributed by atoms with Gasteiger partial charge >= 0.3 is 0 Å². The maximum atomic E-state index is 4.30. The van der Waals surface area contributed by atoms with Crippen LogP contribution in [0.25, 0.3) is 0 Å². The largest absolute Gasteiger partial charge is 0.356 e. The van der Waals surface area contributed by atoms with Crippen molar-refractivity contribution in [2.45, 2.75) is 45.6 Å². The number of nitrogens with one attached hydrogen (secondary N) is 1. The van der Waals surface area contributed by atoms with Crippen molar-refractivity contribution < 1.29 is 0 Å². The molecule has 1 N–H and O–H groups in total. The van der Waals surface area contributed by atoms with E-state index in [1.807, 2.05) is 12.4 Å². The lowest BCUT2D eigenvalue weighted by Gasteiger charge is -2.11. The molecule has 1 aromatic heterocycles. The minimum atomic E-state index is 0.961. The SMILES string of the molecule is CCn1ccnc1NCCC1CCCC1. The Bertz CT molecular complexity index is 287. The zero-order valence-electron chi connectivity index (χ0n) is 9.58. The van der Waals surface area contributed by atoms with Gasteiger partial charge in [0.05, 0.1) is 0 Å². The maximum Gasteiger partial charge on any atom is 0.202 e. The van der Waals surface area contributed by atoms with Crippen LogP contribution in [0.15, 0.2) is 12.4 Å². The summed E-state index contributed by atoms with van der Waals surface area (Å²) >= 11 is 0. The van der Waals surface area contributed by atoms with E-state index in [4.69, 9.17) is 0 Å². The molecule has 0 atom stereocenters. The summed E-state index contributed by atoms with van der Waals surface area (Å²) < 4.78 is 2.15. The molecule has 1 aromatic rings. The first-order valence-electron chi connectivity index (χ1n) is 6.15. The lowest BCUT2D eigenvalue weighted by molar-refractivity contribution is 0.517. The second-order valence-corrected chi connectivity index (χ2v) is 4.40. The molecule has 3 heteroatoms. The molecular weight excluding hydrogens is 186 g/mol. The van der Waals surface area contributed by atoms with Crippen molar-refractivity contribution in [3.63, 3.8) is 0 Å². The molecule has 3 nitrogen and oxygen atoms in total. The molecule has 84 valence electrons. The number of nitrogens with zero attached hydrogens (tertiary/aromatic N) is 2. The van der Waals surface area contributed by atoms with E-state index in [0.29, 0.717) is 0 Å². The molecular formula is C12H21N3. The van der Waals surface area contributed by atoms with E-state index in [-0.39, 0.29) is 0 Å². The third-order valence-corrected chi connectivity index (χ3v) is 3.37. The highest BCUT2D eigenvalue weighted by atomic mass is 15.2. The summed E-state index contributed by atoms with van der Waals surface area (Å²) in [5.74, 6) is 1.98. The maximum absolute atomic E-state index is 4.30. The highest BCUT2D eigenvalue weighted by Crippen LogP contribution is 2.27. The Morgan fingerprint density at radius 1 is 1.47 bits per heavy atom. The van der Waals surface area contributed by atoms with Gasteiger partial charge in [0.1, 0.15) is 0 Å². The van der Waals surface area contributed by atoms with Gasteiger partial charge in [0.15, 0.2) is 0 Å². The number of aryl methyl sites for hydroxylation is 1. The van der Waals surface area contributed by atoms with Crippen molar-refractivity contribution in [1.29, 1.82) is 0 Å². The van der Waals surface area contributed by atoms with Crippen LogP contribution in [-0.2, 0) is 6.54 Å².